The lowest BCUT2D eigenvalue weighted by molar-refractivity contribution is -0.137. The van der Waals surface area contributed by atoms with Crippen LogP contribution in [0.3, 0.4) is 0 Å². The third kappa shape index (κ3) is 3.41. The highest BCUT2D eigenvalue weighted by Crippen LogP contribution is 2.33. The molecule has 1 fully saturated rings. The maximum atomic E-state index is 12.8. The molecular formula is C14H18F3NO. The van der Waals surface area contributed by atoms with E-state index in [-0.39, 0.29) is 12.2 Å². The van der Waals surface area contributed by atoms with Crippen LogP contribution in [0.25, 0.3) is 0 Å². The van der Waals surface area contributed by atoms with Crippen molar-refractivity contribution >= 4 is 5.69 Å². The second-order valence-corrected chi connectivity index (χ2v) is 5.22. The predicted molar refractivity (Wildman–Crippen MR) is 68.4 cm³/mol. The van der Waals surface area contributed by atoms with Gasteiger partial charge in [-0.25, -0.2) is 0 Å². The van der Waals surface area contributed by atoms with Crippen LogP contribution in [0.1, 0.15) is 25.0 Å². The fourth-order valence-corrected chi connectivity index (χ4v) is 2.50. The predicted octanol–water partition coefficient (Wildman–Crippen LogP) is 3.63. The first kappa shape index (κ1) is 14.2. The fraction of sp³-hybridized carbons (Fsp3) is 0.571. The van der Waals surface area contributed by atoms with Crippen molar-refractivity contribution in [1.29, 1.82) is 0 Å². The van der Waals surface area contributed by atoms with Gasteiger partial charge in [-0.05, 0) is 44.5 Å². The van der Waals surface area contributed by atoms with Crippen molar-refractivity contribution in [3.63, 3.8) is 0 Å². The summed E-state index contributed by atoms with van der Waals surface area (Å²) in [6.45, 7) is 6.79. The highest BCUT2D eigenvalue weighted by Gasteiger charge is 2.32. The molecule has 1 aliphatic rings. The van der Waals surface area contributed by atoms with Crippen molar-refractivity contribution in [2.75, 3.05) is 18.0 Å². The Morgan fingerprint density at radius 1 is 1.11 bits per heavy atom. The van der Waals surface area contributed by atoms with Crippen LogP contribution in [0, 0.1) is 6.92 Å². The summed E-state index contributed by atoms with van der Waals surface area (Å²) in [6.07, 6.45) is -4.25. The van der Waals surface area contributed by atoms with Crippen molar-refractivity contribution in [3.05, 3.63) is 29.3 Å². The van der Waals surface area contributed by atoms with E-state index in [0.717, 1.165) is 0 Å². The van der Waals surface area contributed by atoms with Crippen LogP contribution in [-0.2, 0) is 10.9 Å². The van der Waals surface area contributed by atoms with Gasteiger partial charge in [0.1, 0.15) is 0 Å². The van der Waals surface area contributed by atoms with Crippen LogP contribution in [0.5, 0.6) is 0 Å². The summed E-state index contributed by atoms with van der Waals surface area (Å²) in [5, 5.41) is 0. The van der Waals surface area contributed by atoms with Gasteiger partial charge >= 0.3 is 6.18 Å². The lowest BCUT2D eigenvalue weighted by atomic mass is 10.1. The van der Waals surface area contributed by atoms with Crippen molar-refractivity contribution in [2.45, 2.75) is 39.2 Å². The summed E-state index contributed by atoms with van der Waals surface area (Å²) in [6, 6.07) is 4.19. The molecule has 2 nitrogen and oxygen atoms in total. The molecule has 0 unspecified atom stereocenters. The molecule has 2 atom stereocenters. The molecule has 1 aliphatic heterocycles. The molecule has 0 amide bonds. The van der Waals surface area contributed by atoms with Gasteiger partial charge in [0.15, 0.2) is 0 Å². The molecule has 0 spiro atoms. The van der Waals surface area contributed by atoms with E-state index in [1.807, 2.05) is 18.7 Å². The SMILES string of the molecule is Cc1cc(N2C[C@@H](C)O[C@@H](C)C2)cc(C(F)(F)F)c1. The second kappa shape index (κ2) is 5.04. The molecule has 1 aromatic rings. The molecule has 0 N–H and O–H groups in total. The average molecular weight is 273 g/mol. The highest BCUT2D eigenvalue weighted by atomic mass is 19.4. The molecule has 106 valence electrons. The summed E-state index contributed by atoms with van der Waals surface area (Å²) in [5.41, 5.74) is 0.653. The summed E-state index contributed by atoms with van der Waals surface area (Å²) in [7, 11) is 0. The first-order chi connectivity index (χ1) is 8.75. The van der Waals surface area contributed by atoms with E-state index in [0.29, 0.717) is 24.3 Å². The molecule has 0 radical (unpaired) electrons. The zero-order valence-electron chi connectivity index (χ0n) is 11.3. The smallest absolute Gasteiger partial charge is 0.372 e. The number of benzene rings is 1. The number of aryl methyl sites for hydroxylation is 1. The Kier molecular flexibility index (Phi) is 3.76. The maximum Gasteiger partial charge on any atom is 0.416 e. The molecule has 0 aromatic heterocycles. The van der Waals surface area contributed by atoms with E-state index in [1.165, 1.54) is 12.1 Å². The molecule has 0 saturated carbocycles. The third-order valence-corrected chi connectivity index (χ3v) is 3.17. The van der Waals surface area contributed by atoms with Gasteiger partial charge in [0, 0.05) is 18.8 Å². The summed E-state index contributed by atoms with van der Waals surface area (Å²) in [4.78, 5) is 1.96. The Labute approximate surface area is 111 Å². The molecule has 5 heteroatoms. The first-order valence-electron chi connectivity index (χ1n) is 6.35. The lowest BCUT2D eigenvalue weighted by Gasteiger charge is -2.37. The van der Waals surface area contributed by atoms with Gasteiger partial charge in [-0.15, -0.1) is 0 Å². The second-order valence-electron chi connectivity index (χ2n) is 5.22. The van der Waals surface area contributed by atoms with Crippen molar-refractivity contribution in [2.24, 2.45) is 0 Å². The van der Waals surface area contributed by atoms with E-state index >= 15 is 0 Å². The van der Waals surface area contributed by atoms with Gasteiger partial charge in [0.25, 0.3) is 0 Å². The summed E-state index contributed by atoms with van der Waals surface area (Å²) < 4.78 is 44.1. The van der Waals surface area contributed by atoms with Crippen LogP contribution >= 0.6 is 0 Å². The van der Waals surface area contributed by atoms with E-state index in [2.05, 4.69) is 0 Å². The molecular weight excluding hydrogens is 255 g/mol. The minimum atomic E-state index is -4.30. The molecule has 0 bridgehead atoms. The largest absolute Gasteiger partial charge is 0.416 e. The molecule has 0 aliphatic carbocycles. The van der Waals surface area contributed by atoms with Crippen LogP contribution in [0.2, 0.25) is 0 Å². The number of halogens is 3. The Morgan fingerprint density at radius 3 is 2.21 bits per heavy atom. The van der Waals surface area contributed by atoms with Gasteiger partial charge < -0.3 is 9.64 Å². The normalized spacial score (nSPS) is 24.6. The fourth-order valence-electron chi connectivity index (χ4n) is 2.50. The monoisotopic (exact) mass is 273 g/mol. The summed E-state index contributed by atoms with van der Waals surface area (Å²) >= 11 is 0. The average Bonchev–Trinajstić information content (AvgIpc) is 2.25. The lowest BCUT2D eigenvalue weighted by Crippen LogP contribution is -2.45. The number of hydrogen-bond donors (Lipinski definition) is 0. The summed E-state index contributed by atoms with van der Waals surface area (Å²) in [5.74, 6) is 0. The molecule has 1 saturated heterocycles. The highest BCUT2D eigenvalue weighted by molar-refractivity contribution is 5.52. The van der Waals surface area contributed by atoms with E-state index in [9.17, 15) is 13.2 Å². The minimum absolute atomic E-state index is 0.0265. The van der Waals surface area contributed by atoms with Gasteiger partial charge in [-0.1, -0.05) is 0 Å². The van der Waals surface area contributed by atoms with E-state index in [4.69, 9.17) is 4.74 Å². The molecule has 1 aromatic carbocycles. The van der Waals surface area contributed by atoms with Crippen LogP contribution in [0.15, 0.2) is 18.2 Å². The Balaban J connectivity index is 2.31. The third-order valence-electron chi connectivity index (χ3n) is 3.17. The zero-order valence-corrected chi connectivity index (χ0v) is 11.3. The molecule has 1 heterocycles. The van der Waals surface area contributed by atoms with Gasteiger partial charge in [0.05, 0.1) is 17.8 Å². The number of anilines is 1. The van der Waals surface area contributed by atoms with E-state index < -0.39 is 11.7 Å². The van der Waals surface area contributed by atoms with Crippen molar-refractivity contribution in [3.8, 4) is 0 Å². The maximum absolute atomic E-state index is 12.8. The molecule has 2 rings (SSSR count). The number of alkyl halides is 3. The van der Waals surface area contributed by atoms with Gasteiger partial charge in [0.2, 0.25) is 0 Å². The van der Waals surface area contributed by atoms with Crippen LogP contribution < -0.4 is 4.90 Å². The Morgan fingerprint density at radius 2 is 1.68 bits per heavy atom. The van der Waals surface area contributed by atoms with Crippen LogP contribution in [0.4, 0.5) is 18.9 Å². The zero-order chi connectivity index (χ0) is 14.2. The number of rotatable bonds is 1. The van der Waals surface area contributed by atoms with Crippen LogP contribution in [-0.4, -0.2) is 25.3 Å². The topological polar surface area (TPSA) is 12.5 Å². The number of ether oxygens (including phenoxy) is 1. The standard InChI is InChI=1S/C14H18F3NO/c1-9-4-12(14(15,16)17)6-13(5-9)18-7-10(2)19-11(3)8-18/h4-6,10-11H,7-8H2,1-3H3/t10-,11+. The quantitative estimate of drug-likeness (QED) is 0.774. The Hall–Kier alpha value is -1.23. The van der Waals surface area contributed by atoms with Gasteiger partial charge in [-0.2, -0.15) is 13.2 Å². The number of morpholine rings is 1. The van der Waals surface area contributed by atoms with Crippen molar-refractivity contribution in [1.82, 2.24) is 0 Å². The number of hydrogen-bond acceptors (Lipinski definition) is 2. The Bertz CT molecular complexity index is 448. The van der Waals surface area contributed by atoms with E-state index in [1.54, 1.807) is 13.0 Å². The van der Waals surface area contributed by atoms with Crippen molar-refractivity contribution < 1.29 is 17.9 Å². The molecule has 19 heavy (non-hydrogen) atoms. The number of nitrogens with zero attached hydrogens (tertiary/aromatic N) is 1. The van der Waals surface area contributed by atoms with Gasteiger partial charge in [-0.3, -0.25) is 0 Å². The minimum Gasteiger partial charge on any atom is -0.372 e. The first-order valence-corrected chi connectivity index (χ1v) is 6.35.